The molecule has 1 aliphatic carbocycles. The van der Waals surface area contributed by atoms with Crippen LogP contribution in [0.25, 0.3) is 0 Å². The molecule has 0 atom stereocenters. The maximum atomic E-state index is 13.1. The van der Waals surface area contributed by atoms with Crippen LogP contribution in [0.5, 0.6) is 0 Å². The highest BCUT2D eigenvalue weighted by atomic mass is 32.2. The fraction of sp³-hybridized carbons (Fsp3) is 1.00. The second-order valence-electron chi connectivity index (χ2n) is 7.05. The lowest BCUT2D eigenvalue weighted by molar-refractivity contribution is 0.329. The molecule has 0 heterocycles. The smallest absolute Gasteiger partial charge is 0.201 e. The number of rotatable bonds is 16. The first-order chi connectivity index (χ1) is 12.7. The van der Waals surface area contributed by atoms with E-state index in [1.807, 2.05) is 27.7 Å². The molecule has 1 fully saturated rings. The summed E-state index contributed by atoms with van der Waals surface area (Å²) in [6.45, 7) is 9.98. The molecular formula is C17H38N4O4S2. The molecule has 0 amide bonds. The van der Waals surface area contributed by atoms with Crippen molar-refractivity contribution in [2.75, 3.05) is 39.3 Å². The molecule has 0 aromatic heterocycles. The Morgan fingerprint density at radius 2 is 1.19 bits per heavy atom. The van der Waals surface area contributed by atoms with Crippen LogP contribution < -0.4 is 4.72 Å². The monoisotopic (exact) mass is 426 g/mol. The summed E-state index contributed by atoms with van der Waals surface area (Å²) in [4.78, 5) is 0. The Hall–Kier alpha value is -0.260. The Balaban J connectivity index is 2.78. The third-order valence-corrected chi connectivity index (χ3v) is 8.13. The van der Waals surface area contributed by atoms with E-state index in [2.05, 4.69) is 4.72 Å². The van der Waals surface area contributed by atoms with E-state index in [4.69, 9.17) is 0 Å². The minimum absolute atomic E-state index is 0.00176. The highest BCUT2D eigenvalue weighted by Crippen LogP contribution is 2.30. The van der Waals surface area contributed by atoms with E-state index in [-0.39, 0.29) is 19.1 Å². The van der Waals surface area contributed by atoms with Crippen LogP contribution in [-0.4, -0.2) is 75.1 Å². The summed E-state index contributed by atoms with van der Waals surface area (Å²) >= 11 is 0. The maximum absolute atomic E-state index is 13.1. The summed E-state index contributed by atoms with van der Waals surface area (Å²) in [7, 11) is -7.15. The third kappa shape index (κ3) is 7.58. The summed E-state index contributed by atoms with van der Waals surface area (Å²) in [6, 6.07) is -0.00176. The van der Waals surface area contributed by atoms with E-state index in [0.717, 1.165) is 38.5 Å². The molecule has 0 aromatic carbocycles. The van der Waals surface area contributed by atoms with Gasteiger partial charge in [-0.05, 0) is 38.5 Å². The minimum atomic E-state index is -3.59. The van der Waals surface area contributed by atoms with Gasteiger partial charge >= 0.3 is 0 Å². The topological polar surface area (TPSA) is 90.0 Å². The largest absolute Gasteiger partial charge is 0.282 e. The van der Waals surface area contributed by atoms with Gasteiger partial charge in [-0.3, -0.25) is 0 Å². The van der Waals surface area contributed by atoms with Crippen LogP contribution >= 0.6 is 0 Å². The number of nitrogens with zero attached hydrogens (tertiary/aromatic N) is 3. The van der Waals surface area contributed by atoms with Crippen LogP contribution in [0.15, 0.2) is 0 Å². The van der Waals surface area contributed by atoms with Crippen molar-refractivity contribution in [2.45, 2.75) is 72.3 Å². The Bertz CT molecular complexity index is 609. The second kappa shape index (κ2) is 11.7. The summed E-state index contributed by atoms with van der Waals surface area (Å²) in [5, 5.41) is 0. The fourth-order valence-electron chi connectivity index (χ4n) is 3.07. The van der Waals surface area contributed by atoms with E-state index < -0.39 is 20.4 Å². The summed E-state index contributed by atoms with van der Waals surface area (Å²) in [6.07, 6.45) is 4.69. The van der Waals surface area contributed by atoms with Crippen LogP contribution in [-0.2, 0) is 20.4 Å². The van der Waals surface area contributed by atoms with Gasteiger partial charge in [-0.15, -0.1) is 0 Å². The van der Waals surface area contributed by atoms with Gasteiger partial charge in [0.25, 0.3) is 20.4 Å². The van der Waals surface area contributed by atoms with Gasteiger partial charge in [-0.25, -0.2) is 4.72 Å². The van der Waals surface area contributed by atoms with Gasteiger partial charge in [0.1, 0.15) is 0 Å². The van der Waals surface area contributed by atoms with Gasteiger partial charge in [-0.2, -0.15) is 29.8 Å². The highest BCUT2D eigenvalue weighted by Gasteiger charge is 2.39. The van der Waals surface area contributed by atoms with E-state index in [9.17, 15) is 16.8 Å². The minimum Gasteiger partial charge on any atom is -0.201 e. The maximum Gasteiger partial charge on any atom is 0.282 e. The average molecular weight is 427 g/mol. The Labute approximate surface area is 166 Å². The quantitative estimate of drug-likeness (QED) is 0.407. The number of nitrogens with one attached hydrogen (secondary N) is 1. The van der Waals surface area contributed by atoms with Crippen molar-refractivity contribution < 1.29 is 16.8 Å². The van der Waals surface area contributed by atoms with E-state index in [0.29, 0.717) is 26.2 Å². The molecule has 1 aliphatic rings. The van der Waals surface area contributed by atoms with Gasteiger partial charge in [0.05, 0.1) is 0 Å². The van der Waals surface area contributed by atoms with Crippen LogP contribution in [0.4, 0.5) is 0 Å². The third-order valence-electron chi connectivity index (χ3n) is 4.43. The summed E-state index contributed by atoms with van der Waals surface area (Å²) in [5.74, 6) is 0. The molecule has 0 unspecified atom stereocenters. The Morgan fingerprint density at radius 1 is 0.741 bits per heavy atom. The fourth-order valence-corrected chi connectivity index (χ4v) is 6.48. The SMILES string of the molecule is CCCN(CCC)S(=O)(=O)NCCN(C1CC1)S(=O)(=O)N(CCC)CCC. The zero-order valence-electron chi connectivity index (χ0n) is 17.4. The van der Waals surface area contributed by atoms with Crippen molar-refractivity contribution in [1.29, 1.82) is 0 Å². The Kier molecular flexibility index (Phi) is 10.7. The van der Waals surface area contributed by atoms with E-state index in [1.54, 1.807) is 0 Å². The zero-order valence-corrected chi connectivity index (χ0v) is 19.0. The van der Waals surface area contributed by atoms with Crippen molar-refractivity contribution >= 4 is 20.4 Å². The summed E-state index contributed by atoms with van der Waals surface area (Å²) in [5.41, 5.74) is 0. The predicted molar refractivity (Wildman–Crippen MR) is 110 cm³/mol. The molecule has 8 nitrogen and oxygen atoms in total. The molecule has 0 bridgehead atoms. The van der Waals surface area contributed by atoms with E-state index >= 15 is 0 Å². The lowest BCUT2D eigenvalue weighted by Crippen LogP contribution is -2.49. The van der Waals surface area contributed by atoms with E-state index in [1.165, 1.54) is 12.9 Å². The molecule has 0 aromatic rings. The number of hydrogen-bond donors (Lipinski definition) is 1. The molecule has 27 heavy (non-hydrogen) atoms. The first-order valence-corrected chi connectivity index (χ1v) is 13.1. The van der Waals surface area contributed by atoms with Gasteiger partial charge in [0, 0.05) is 45.3 Å². The molecule has 0 spiro atoms. The van der Waals surface area contributed by atoms with Crippen LogP contribution in [0.1, 0.15) is 66.2 Å². The van der Waals surface area contributed by atoms with Gasteiger partial charge in [0.15, 0.2) is 0 Å². The molecule has 162 valence electrons. The molecule has 10 heteroatoms. The normalized spacial score (nSPS) is 16.0. The van der Waals surface area contributed by atoms with Crippen molar-refractivity contribution in [1.82, 2.24) is 17.6 Å². The molecule has 1 rings (SSSR count). The van der Waals surface area contributed by atoms with Crippen molar-refractivity contribution in [2.24, 2.45) is 0 Å². The van der Waals surface area contributed by atoms with Crippen molar-refractivity contribution in [3.05, 3.63) is 0 Å². The molecule has 1 saturated carbocycles. The van der Waals surface area contributed by atoms with Gasteiger partial charge < -0.3 is 0 Å². The van der Waals surface area contributed by atoms with Crippen LogP contribution in [0.2, 0.25) is 0 Å². The first kappa shape index (κ1) is 24.8. The Morgan fingerprint density at radius 3 is 1.59 bits per heavy atom. The molecule has 0 saturated heterocycles. The van der Waals surface area contributed by atoms with Crippen molar-refractivity contribution in [3.63, 3.8) is 0 Å². The van der Waals surface area contributed by atoms with Crippen LogP contribution in [0.3, 0.4) is 0 Å². The standard InChI is InChI=1S/C17H38N4O4S2/c1-5-12-19(13-6-2)26(22,23)18-11-16-21(17-9-10-17)27(24,25)20(14-7-3)15-8-4/h17-18H,5-16H2,1-4H3. The summed E-state index contributed by atoms with van der Waals surface area (Å²) < 4.78 is 58.2. The second-order valence-corrected chi connectivity index (χ2v) is 10.7. The predicted octanol–water partition coefficient (Wildman–Crippen LogP) is 1.77. The molecule has 0 aliphatic heterocycles. The van der Waals surface area contributed by atoms with Gasteiger partial charge in [-0.1, -0.05) is 27.7 Å². The highest BCUT2D eigenvalue weighted by molar-refractivity contribution is 7.87. The lowest BCUT2D eigenvalue weighted by Gasteiger charge is -2.30. The zero-order chi connectivity index (χ0) is 20.5. The van der Waals surface area contributed by atoms with Gasteiger partial charge in [0.2, 0.25) is 0 Å². The molecule has 1 N–H and O–H groups in total. The van der Waals surface area contributed by atoms with Crippen molar-refractivity contribution in [3.8, 4) is 0 Å². The molecular weight excluding hydrogens is 388 g/mol. The number of hydrogen-bond acceptors (Lipinski definition) is 4. The average Bonchev–Trinajstić information content (AvgIpc) is 3.43. The lowest BCUT2D eigenvalue weighted by atomic mass is 10.4. The first-order valence-electron chi connectivity index (χ1n) is 10.3. The molecule has 0 radical (unpaired) electrons. The van der Waals surface area contributed by atoms with Crippen LogP contribution in [0, 0.1) is 0 Å².